The number of rotatable bonds is 5. The lowest BCUT2D eigenvalue weighted by Gasteiger charge is -2.23. The first-order chi connectivity index (χ1) is 9.17. The highest BCUT2D eigenvalue weighted by molar-refractivity contribution is 5.87. The van der Waals surface area contributed by atoms with Gasteiger partial charge >= 0.3 is 5.97 Å². The molecule has 0 aliphatic rings. The fraction of sp³-hybridized carbons (Fsp3) is 0.467. The molecule has 1 rings (SSSR count). The van der Waals surface area contributed by atoms with E-state index in [9.17, 15) is 9.59 Å². The highest BCUT2D eigenvalue weighted by Gasteiger charge is 2.15. The molecule has 1 aromatic rings. The van der Waals surface area contributed by atoms with Crippen molar-refractivity contribution < 1.29 is 14.7 Å². The molecule has 5 nitrogen and oxygen atoms in total. The maximum Gasteiger partial charge on any atom is 0.335 e. The van der Waals surface area contributed by atoms with E-state index in [0.717, 1.165) is 5.56 Å². The van der Waals surface area contributed by atoms with E-state index in [1.54, 1.807) is 24.3 Å². The van der Waals surface area contributed by atoms with E-state index in [0.29, 0.717) is 13.1 Å². The SMILES string of the molecule is CN(CC(=O)NC(C)(C)C)Cc1ccc(C(=O)O)cc1. The Kier molecular flexibility index (Phi) is 5.27. The predicted molar refractivity (Wildman–Crippen MR) is 77.6 cm³/mol. The van der Waals surface area contributed by atoms with E-state index < -0.39 is 5.97 Å². The minimum atomic E-state index is -0.936. The molecule has 0 saturated carbocycles. The number of carbonyl (C=O) groups is 2. The summed E-state index contributed by atoms with van der Waals surface area (Å²) < 4.78 is 0. The summed E-state index contributed by atoms with van der Waals surface area (Å²) in [5, 5.41) is 11.7. The molecule has 1 aromatic carbocycles. The van der Waals surface area contributed by atoms with Crippen LogP contribution >= 0.6 is 0 Å². The lowest BCUT2D eigenvalue weighted by Crippen LogP contribution is -2.45. The summed E-state index contributed by atoms with van der Waals surface area (Å²) in [6.07, 6.45) is 0. The standard InChI is InChI=1S/C15H22N2O3/c1-15(2,3)16-13(18)10-17(4)9-11-5-7-12(8-6-11)14(19)20/h5-8H,9-10H2,1-4H3,(H,16,18)(H,19,20). The van der Waals surface area contributed by atoms with Crippen molar-refractivity contribution in [2.75, 3.05) is 13.6 Å². The molecule has 0 unspecified atom stereocenters. The Morgan fingerprint density at radius 3 is 2.20 bits per heavy atom. The normalized spacial score (nSPS) is 11.4. The van der Waals surface area contributed by atoms with Gasteiger partial charge in [-0.3, -0.25) is 9.69 Å². The molecule has 0 saturated heterocycles. The number of nitrogens with zero attached hydrogens (tertiary/aromatic N) is 1. The Labute approximate surface area is 119 Å². The molecular formula is C15H22N2O3. The van der Waals surface area contributed by atoms with E-state index in [1.807, 2.05) is 32.7 Å². The number of carbonyl (C=O) groups excluding carboxylic acids is 1. The Morgan fingerprint density at radius 2 is 1.75 bits per heavy atom. The van der Waals surface area contributed by atoms with E-state index in [-0.39, 0.29) is 17.0 Å². The summed E-state index contributed by atoms with van der Waals surface area (Å²) in [6, 6.07) is 6.67. The molecule has 0 bridgehead atoms. The molecule has 0 fully saturated rings. The van der Waals surface area contributed by atoms with Crippen LogP contribution in [0.25, 0.3) is 0 Å². The molecule has 1 amide bonds. The van der Waals surface area contributed by atoms with Crippen molar-refractivity contribution in [1.82, 2.24) is 10.2 Å². The first-order valence-corrected chi connectivity index (χ1v) is 6.49. The van der Waals surface area contributed by atoms with Crippen molar-refractivity contribution in [3.05, 3.63) is 35.4 Å². The van der Waals surface area contributed by atoms with Crippen LogP contribution in [0.5, 0.6) is 0 Å². The van der Waals surface area contributed by atoms with Gasteiger partial charge in [-0.1, -0.05) is 12.1 Å². The van der Waals surface area contributed by atoms with Gasteiger partial charge in [-0.15, -0.1) is 0 Å². The highest BCUT2D eigenvalue weighted by Crippen LogP contribution is 2.07. The second-order valence-corrected chi connectivity index (χ2v) is 5.97. The van der Waals surface area contributed by atoms with Crippen molar-refractivity contribution in [2.24, 2.45) is 0 Å². The number of nitrogens with one attached hydrogen (secondary N) is 1. The average Bonchev–Trinajstić information content (AvgIpc) is 2.26. The predicted octanol–water partition coefficient (Wildman–Crippen LogP) is 1.73. The third-order valence-electron chi connectivity index (χ3n) is 2.58. The van der Waals surface area contributed by atoms with Gasteiger partial charge in [-0.25, -0.2) is 4.79 Å². The summed E-state index contributed by atoms with van der Waals surface area (Å²) in [6.45, 7) is 6.72. The van der Waals surface area contributed by atoms with Crippen molar-refractivity contribution in [2.45, 2.75) is 32.9 Å². The molecule has 0 aliphatic heterocycles. The second kappa shape index (κ2) is 6.52. The maximum atomic E-state index is 11.8. The average molecular weight is 278 g/mol. The molecule has 0 aliphatic carbocycles. The van der Waals surface area contributed by atoms with E-state index in [2.05, 4.69) is 5.32 Å². The third kappa shape index (κ3) is 5.84. The summed E-state index contributed by atoms with van der Waals surface area (Å²) >= 11 is 0. The van der Waals surface area contributed by atoms with Gasteiger partial charge in [-0.2, -0.15) is 0 Å². The number of hydrogen-bond acceptors (Lipinski definition) is 3. The minimum absolute atomic E-state index is 0.0258. The highest BCUT2D eigenvalue weighted by atomic mass is 16.4. The largest absolute Gasteiger partial charge is 0.478 e. The molecular weight excluding hydrogens is 256 g/mol. The van der Waals surface area contributed by atoms with Crippen molar-refractivity contribution in [3.8, 4) is 0 Å². The minimum Gasteiger partial charge on any atom is -0.478 e. The van der Waals surface area contributed by atoms with Gasteiger partial charge in [0.2, 0.25) is 5.91 Å². The molecule has 20 heavy (non-hydrogen) atoms. The lowest BCUT2D eigenvalue weighted by molar-refractivity contribution is -0.123. The van der Waals surface area contributed by atoms with Crippen LogP contribution in [0.3, 0.4) is 0 Å². The van der Waals surface area contributed by atoms with Crippen LogP contribution in [-0.2, 0) is 11.3 Å². The zero-order valence-corrected chi connectivity index (χ0v) is 12.4. The fourth-order valence-corrected chi connectivity index (χ4v) is 1.82. The van der Waals surface area contributed by atoms with Crippen LogP contribution in [0.1, 0.15) is 36.7 Å². The first-order valence-electron chi connectivity index (χ1n) is 6.49. The quantitative estimate of drug-likeness (QED) is 0.860. The van der Waals surface area contributed by atoms with Crippen molar-refractivity contribution in [1.29, 1.82) is 0 Å². The molecule has 0 heterocycles. The van der Waals surface area contributed by atoms with Gasteiger partial charge in [0.1, 0.15) is 0 Å². The topological polar surface area (TPSA) is 69.6 Å². The van der Waals surface area contributed by atoms with Gasteiger partial charge in [0.25, 0.3) is 0 Å². The first kappa shape index (κ1) is 16.2. The molecule has 0 radical (unpaired) electrons. The maximum absolute atomic E-state index is 11.8. The molecule has 0 aromatic heterocycles. The van der Waals surface area contributed by atoms with Crippen LogP contribution < -0.4 is 5.32 Å². The molecule has 5 heteroatoms. The van der Waals surface area contributed by atoms with Crippen LogP contribution in [-0.4, -0.2) is 41.0 Å². The van der Waals surface area contributed by atoms with E-state index in [1.165, 1.54) is 0 Å². The Balaban J connectivity index is 2.52. The second-order valence-electron chi connectivity index (χ2n) is 5.97. The van der Waals surface area contributed by atoms with Gasteiger partial charge in [-0.05, 0) is 45.5 Å². The Hall–Kier alpha value is -1.88. The fourth-order valence-electron chi connectivity index (χ4n) is 1.82. The van der Waals surface area contributed by atoms with Crippen LogP contribution in [0.2, 0.25) is 0 Å². The smallest absolute Gasteiger partial charge is 0.335 e. The number of carboxylic acid groups (broad SMARTS) is 1. The number of carboxylic acids is 1. The number of likely N-dealkylation sites (N-methyl/N-ethyl adjacent to an activating group) is 1. The van der Waals surface area contributed by atoms with Gasteiger partial charge in [0.15, 0.2) is 0 Å². The van der Waals surface area contributed by atoms with Crippen LogP contribution in [0, 0.1) is 0 Å². The molecule has 0 atom stereocenters. The number of aromatic carboxylic acids is 1. The van der Waals surface area contributed by atoms with Gasteiger partial charge < -0.3 is 10.4 Å². The van der Waals surface area contributed by atoms with Gasteiger partial charge in [0, 0.05) is 12.1 Å². The van der Waals surface area contributed by atoms with Gasteiger partial charge in [0.05, 0.1) is 12.1 Å². The van der Waals surface area contributed by atoms with Crippen LogP contribution in [0.15, 0.2) is 24.3 Å². The number of amides is 1. The third-order valence-corrected chi connectivity index (χ3v) is 2.58. The lowest BCUT2D eigenvalue weighted by atomic mass is 10.1. The molecule has 0 spiro atoms. The summed E-state index contributed by atoms with van der Waals surface area (Å²) in [5.74, 6) is -0.961. The van der Waals surface area contributed by atoms with Crippen molar-refractivity contribution >= 4 is 11.9 Å². The number of benzene rings is 1. The summed E-state index contributed by atoms with van der Waals surface area (Å²) in [7, 11) is 1.85. The van der Waals surface area contributed by atoms with Crippen LogP contribution in [0.4, 0.5) is 0 Å². The molecule has 110 valence electrons. The Bertz CT molecular complexity index is 475. The zero-order valence-electron chi connectivity index (χ0n) is 12.4. The summed E-state index contributed by atoms with van der Waals surface area (Å²) in [4.78, 5) is 24.4. The van der Waals surface area contributed by atoms with E-state index in [4.69, 9.17) is 5.11 Å². The van der Waals surface area contributed by atoms with E-state index >= 15 is 0 Å². The number of hydrogen-bond donors (Lipinski definition) is 2. The zero-order chi connectivity index (χ0) is 15.3. The summed E-state index contributed by atoms with van der Waals surface area (Å²) in [5.41, 5.74) is 1.00. The molecule has 2 N–H and O–H groups in total. The monoisotopic (exact) mass is 278 g/mol. The Morgan fingerprint density at radius 1 is 1.20 bits per heavy atom. The van der Waals surface area contributed by atoms with Crippen molar-refractivity contribution in [3.63, 3.8) is 0 Å².